The molecule has 118 valence electrons. The Kier molecular flexibility index (Phi) is 5.19. The first-order chi connectivity index (χ1) is 10.7. The minimum Gasteiger partial charge on any atom is -0.464 e. The number of carbonyl (C=O) groups excluding carboxylic acids is 1. The highest BCUT2D eigenvalue weighted by atomic mass is 35.5. The molecule has 0 aliphatic rings. The third-order valence-corrected chi connectivity index (χ3v) is 3.46. The van der Waals surface area contributed by atoms with E-state index in [1.807, 2.05) is 30.3 Å². The lowest BCUT2D eigenvalue weighted by Gasteiger charge is -2.04. The molecular formula is C18H15ClFNO2. The van der Waals surface area contributed by atoms with Gasteiger partial charge in [-0.25, -0.2) is 9.18 Å². The summed E-state index contributed by atoms with van der Waals surface area (Å²) in [4.78, 5) is 14.5. The Bertz CT molecular complexity index is 795. The molecule has 0 unspecified atom stereocenters. The summed E-state index contributed by atoms with van der Waals surface area (Å²) in [5.74, 6) is -0.642. The first-order valence-electron chi connectivity index (χ1n) is 6.81. The Labute approximate surface area is 139 Å². The summed E-state index contributed by atoms with van der Waals surface area (Å²) in [5.41, 5.74) is 4.17. The Morgan fingerprint density at radius 2 is 1.39 bits per heavy atom. The molecule has 0 saturated heterocycles. The van der Waals surface area contributed by atoms with E-state index >= 15 is 0 Å². The van der Waals surface area contributed by atoms with Gasteiger partial charge in [0.2, 0.25) is 0 Å². The number of rotatable bonds is 3. The van der Waals surface area contributed by atoms with Crippen LogP contribution in [0, 0.1) is 5.82 Å². The second kappa shape index (κ2) is 7.11. The zero-order chi connectivity index (χ0) is 15.5. The number of nitrogens with one attached hydrogen (secondary N) is 1. The highest BCUT2D eigenvalue weighted by Gasteiger charge is 2.09. The van der Waals surface area contributed by atoms with Crippen LogP contribution in [-0.2, 0) is 4.74 Å². The van der Waals surface area contributed by atoms with E-state index in [1.54, 1.807) is 18.2 Å². The van der Waals surface area contributed by atoms with Crippen LogP contribution in [0.1, 0.15) is 10.5 Å². The number of H-pyrrole nitrogens is 1. The molecule has 1 heterocycles. The van der Waals surface area contributed by atoms with E-state index in [2.05, 4.69) is 9.72 Å². The van der Waals surface area contributed by atoms with Gasteiger partial charge in [-0.15, -0.1) is 12.4 Å². The van der Waals surface area contributed by atoms with E-state index in [4.69, 9.17) is 0 Å². The van der Waals surface area contributed by atoms with Gasteiger partial charge >= 0.3 is 5.97 Å². The van der Waals surface area contributed by atoms with E-state index in [0.717, 1.165) is 22.4 Å². The smallest absolute Gasteiger partial charge is 0.354 e. The lowest BCUT2D eigenvalue weighted by atomic mass is 10.0. The van der Waals surface area contributed by atoms with Crippen LogP contribution in [0.5, 0.6) is 0 Å². The number of aromatic nitrogens is 1. The van der Waals surface area contributed by atoms with Gasteiger partial charge in [-0.05, 0) is 41.0 Å². The number of carbonyl (C=O) groups is 1. The monoisotopic (exact) mass is 331 g/mol. The third kappa shape index (κ3) is 3.60. The summed E-state index contributed by atoms with van der Waals surface area (Å²) in [5, 5.41) is 0. The number of hydrogen-bond donors (Lipinski definition) is 1. The van der Waals surface area contributed by atoms with Crippen molar-refractivity contribution in [3.8, 4) is 22.4 Å². The van der Waals surface area contributed by atoms with Gasteiger partial charge in [0.25, 0.3) is 0 Å². The zero-order valence-corrected chi connectivity index (χ0v) is 13.2. The largest absolute Gasteiger partial charge is 0.464 e. The maximum atomic E-state index is 12.9. The summed E-state index contributed by atoms with van der Waals surface area (Å²) in [6.07, 6.45) is 0. The summed E-state index contributed by atoms with van der Waals surface area (Å²) in [7, 11) is 1.35. The predicted octanol–water partition coefficient (Wildman–Crippen LogP) is 4.70. The van der Waals surface area contributed by atoms with Crippen LogP contribution in [0.25, 0.3) is 22.4 Å². The van der Waals surface area contributed by atoms with Crippen molar-refractivity contribution in [2.24, 2.45) is 0 Å². The van der Waals surface area contributed by atoms with E-state index < -0.39 is 5.97 Å². The van der Waals surface area contributed by atoms with Crippen LogP contribution >= 0.6 is 12.4 Å². The SMILES string of the molecule is COC(=O)c1ccc(-c2ccc(-c3ccc(F)cc3)cc2)[nH]1.Cl. The Morgan fingerprint density at radius 1 is 0.870 bits per heavy atom. The van der Waals surface area contributed by atoms with Crippen molar-refractivity contribution in [3.63, 3.8) is 0 Å². The summed E-state index contributed by atoms with van der Waals surface area (Å²) in [6, 6.07) is 17.7. The molecule has 0 aliphatic heterocycles. The average Bonchev–Trinajstić information content (AvgIpc) is 3.05. The standard InChI is InChI=1S/C18H14FNO2.ClH/c1-22-18(21)17-11-10-16(20-17)14-4-2-12(3-5-14)13-6-8-15(19)9-7-13;/h2-11,20H,1H3;1H. The molecule has 1 aromatic heterocycles. The van der Waals surface area contributed by atoms with Crippen LogP contribution in [0.3, 0.4) is 0 Å². The second-order valence-electron chi connectivity index (χ2n) is 4.86. The number of aromatic amines is 1. The first kappa shape index (κ1) is 16.8. The molecule has 0 bridgehead atoms. The Balaban J connectivity index is 0.00000192. The van der Waals surface area contributed by atoms with E-state index in [0.29, 0.717) is 5.69 Å². The lowest BCUT2D eigenvalue weighted by molar-refractivity contribution is 0.0595. The summed E-state index contributed by atoms with van der Waals surface area (Å²) < 4.78 is 17.6. The third-order valence-electron chi connectivity index (χ3n) is 3.46. The molecule has 2 aromatic carbocycles. The van der Waals surface area contributed by atoms with Crippen molar-refractivity contribution in [2.45, 2.75) is 0 Å². The van der Waals surface area contributed by atoms with Crippen molar-refractivity contribution in [3.05, 3.63) is 72.2 Å². The van der Waals surface area contributed by atoms with Gasteiger partial charge in [-0.2, -0.15) is 0 Å². The number of benzene rings is 2. The molecular weight excluding hydrogens is 317 g/mol. The molecule has 3 nitrogen and oxygen atoms in total. The van der Waals surface area contributed by atoms with Gasteiger partial charge in [0, 0.05) is 5.69 Å². The van der Waals surface area contributed by atoms with Crippen molar-refractivity contribution in [1.29, 1.82) is 0 Å². The van der Waals surface area contributed by atoms with Crippen LogP contribution in [0.15, 0.2) is 60.7 Å². The molecule has 0 aliphatic carbocycles. The number of ether oxygens (including phenoxy) is 1. The fraction of sp³-hybridized carbons (Fsp3) is 0.0556. The van der Waals surface area contributed by atoms with E-state index in [-0.39, 0.29) is 18.2 Å². The number of hydrogen-bond acceptors (Lipinski definition) is 2. The van der Waals surface area contributed by atoms with E-state index in [9.17, 15) is 9.18 Å². The molecule has 5 heteroatoms. The molecule has 3 aromatic rings. The first-order valence-corrected chi connectivity index (χ1v) is 6.81. The predicted molar refractivity (Wildman–Crippen MR) is 90.2 cm³/mol. The topological polar surface area (TPSA) is 42.1 Å². The van der Waals surface area contributed by atoms with Crippen molar-refractivity contribution < 1.29 is 13.9 Å². The van der Waals surface area contributed by atoms with Crippen LogP contribution in [0.2, 0.25) is 0 Å². The molecule has 1 N–H and O–H groups in total. The van der Waals surface area contributed by atoms with Gasteiger partial charge in [0.15, 0.2) is 0 Å². The lowest BCUT2D eigenvalue weighted by Crippen LogP contribution is -2.00. The minimum atomic E-state index is -0.394. The fourth-order valence-electron chi connectivity index (χ4n) is 2.28. The minimum absolute atomic E-state index is 0. The van der Waals surface area contributed by atoms with E-state index in [1.165, 1.54) is 19.2 Å². The maximum absolute atomic E-state index is 12.9. The van der Waals surface area contributed by atoms with Crippen molar-refractivity contribution in [2.75, 3.05) is 7.11 Å². The van der Waals surface area contributed by atoms with Crippen LogP contribution < -0.4 is 0 Å². The second-order valence-corrected chi connectivity index (χ2v) is 4.86. The quantitative estimate of drug-likeness (QED) is 0.707. The molecule has 0 atom stereocenters. The Hall–Kier alpha value is -2.59. The molecule has 0 amide bonds. The van der Waals surface area contributed by atoms with Gasteiger partial charge in [-0.3, -0.25) is 0 Å². The summed E-state index contributed by atoms with van der Waals surface area (Å²) >= 11 is 0. The molecule has 23 heavy (non-hydrogen) atoms. The van der Waals surface area contributed by atoms with Crippen LogP contribution in [-0.4, -0.2) is 18.1 Å². The van der Waals surface area contributed by atoms with Gasteiger partial charge in [0.05, 0.1) is 7.11 Å². The van der Waals surface area contributed by atoms with Crippen LogP contribution in [0.4, 0.5) is 4.39 Å². The Morgan fingerprint density at radius 3 is 1.96 bits per heavy atom. The normalized spacial score (nSPS) is 10.0. The maximum Gasteiger partial charge on any atom is 0.354 e. The van der Waals surface area contributed by atoms with Gasteiger partial charge in [0.1, 0.15) is 11.5 Å². The van der Waals surface area contributed by atoms with Gasteiger partial charge < -0.3 is 9.72 Å². The molecule has 0 saturated carbocycles. The zero-order valence-electron chi connectivity index (χ0n) is 12.4. The highest BCUT2D eigenvalue weighted by Crippen LogP contribution is 2.24. The van der Waals surface area contributed by atoms with Crippen molar-refractivity contribution >= 4 is 18.4 Å². The molecule has 0 spiro atoms. The van der Waals surface area contributed by atoms with Gasteiger partial charge in [-0.1, -0.05) is 36.4 Å². The molecule has 0 radical (unpaired) electrons. The average molecular weight is 332 g/mol. The molecule has 3 rings (SSSR count). The molecule has 0 fully saturated rings. The number of esters is 1. The summed E-state index contributed by atoms with van der Waals surface area (Å²) in [6.45, 7) is 0. The number of halogens is 2. The highest BCUT2D eigenvalue weighted by molar-refractivity contribution is 5.88. The number of methoxy groups -OCH3 is 1. The van der Waals surface area contributed by atoms with Crippen molar-refractivity contribution in [1.82, 2.24) is 4.98 Å². The fourth-order valence-corrected chi connectivity index (χ4v) is 2.28.